The number of para-hydroxylation sites is 1. The predicted molar refractivity (Wildman–Crippen MR) is 128 cm³/mol. The van der Waals surface area contributed by atoms with E-state index in [1.165, 1.54) is 19.1 Å². The fraction of sp³-hybridized carbons (Fsp3) is 0.435. The first-order valence-corrected chi connectivity index (χ1v) is 12.7. The van der Waals surface area contributed by atoms with E-state index in [4.69, 9.17) is 24.9 Å². The number of hydrogen-bond donors (Lipinski definition) is 3. The molecule has 1 aromatic heterocycles. The molecule has 6 atom stereocenters. The van der Waals surface area contributed by atoms with Gasteiger partial charge in [0.1, 0.15) is 24.5 Å². The molecule has 1 aliphatic rings. The molecule has 12 nitrogen and oxygen atoms in total. The largest absolute Gasteiger partial charge is 0.462 e. The summed E-state index contributed by atoms with van der Waals surface area (Å²) in [6, 6.07) is 7.62. The molecule has 0 aliphatic carbocycles. The van der Waals surface area contributed by atoms with E-state index in [0.717, 1.165) is 12.3 Å². The maximum absolute atomic E-state index is 15.1. The first-order chi connectivity index (χ1) is 17.4. The van der Waals surface area contributed by atoms with Crippen LogP contribution in [0, 0.1) is 12.3 Å². The summed E-state index contributed by atoms with van der Waals surface area (Å²) in [6.07, 6.45) is 0.0872. The molecule has 0 saturated carbocycles. The number of rotatable bonds is 10. The second-order valence-electron chi connectivity index (χ2n) is 8.46. The van der Waals surface area contributed by atoms with E-state index in [-0.39, 0.29) is 5.75 Å². The van der Waals surface area contributed by atoms with Crippen LogP contribution in [0.1, 0.15) is 27.0 Å². The van der Waals surface area contributed by atoms with E-state index in [9.17, 15) is 24.1 Å². The van der Waals surface area contributed by atoms with Crippen LogP contribution in [0.25, 0.3) is 0 Å². The molecule has 1 unspecified atom stereocenters. The van der Waals surface area contributed by atoms with Crippen molar-refractivity contribution >= 4 is 13.7 Å². The number of alkyl halides is 1. The van der Waals surface area contributed by atoms with Crippen LogP contribution in [0.15, 0.2) is 52.2 Å². The Labute approximate surface area is 211 Å². The van der Waals surface area contributed by atoms with Gasteiger partial charge in [-0.25, -0.2) is 13.8 Å². The first-order valence-electron chi connectivity index (χ1n) is 11.2. The third-order valence-corrected chi connectivity index (χ3v) is 6.85. The van der Waals surface area contributed by atoms with Crippen molar-refractivity contribution in [2.45, 2.75) is 57.0 Å². The van der Waals surface area contributed by atoms with Crippen molar-refractivity contribution < 1.29 is 37.4 Å². The number of aliphatic hydroxyl groups is 1. The minimum absolute atomic E-state index is 0.103. The highest BCUT2D eigenvalue weighted by Crippen LogP contribution is 2.48. The zero-order valence-electron chi connectivity index (χ0n) is 20.2. The molecule has 1 aromatic carbocycles. The molecule has 1 aliphatic heterocycles. The van der Waals surface area contributed by atoms with E-state index in [0.29, 0.717) is 4.57 Å². The zero-order chi connectivity index (χ0) is 27.4. The van der Waals surface area contributed by atoms with Crippen molar-refractivity contribution in [2.75, 3.05) is 6.61 Å². The molecule has 200 valence electrons. The monoisotopic (exact) mass is 539 g/mol. The molecule has 1 fully saturated rings. The lowest BCUT2D eigenvalue weighted by molar-refractivity contribution is -0.149. The van der Waals surface area contributed by atoms with Gasteiger partial charge in [-0.2, -0.15) is 5.09 Å². The number of esters is 1. The summed E-state index contributed by atoms with van der Waals surface area (Å²) < 4.78 is 51.1. The summed E-state index contributed by atoms with van der Waals surface area (Å²) in [5.41, 5.74) is -3.95. The van der Waals surface area contributed by atoms with Crippen LogP contribution in [0.2, 0.25) is 0 Å². The van der Waals surface area contributed by atoms with Gasteiger partial charge in [-0.15, -0.1) is 6.42 Å². The number of halogens is 1. The molecule has 0 amide bonds. The van der Waals surface area contributed by atoms with Gasteiger partial charge < -0.3 is 19.1 Å². The van der Waals surface area contributed by atoms with Crippen LogP contribution in [0.4, 0.5) is 4.39 Å². The van der Waals surface area contributed by atoms with Crippen molar-refractivity contribution in [2.24, 2.45) is 0 Å². The van der Waals surface area contributed by atoms with E-state index in [1.807, 2.05) is 4.98 Å². The second-order valence-corrected chi connectivity index (χ2v) is 10.2. The average molecular weight is 539 g/mol. The third kappa shape index (κ3) is 6.54. The van der Waals surface area contributed by atoms with Gasteiger partial charge in [0.05, 0.1) is 6.10 Å². The van der Waals surface area contributed by atoms with Crippen molar-refractivity contribution in [3.8, 4) is 18.1 Å². The Morgan fingerprint density at radius 3 is 2.59 bits per heavy atom. The summed E-state index contributed by atoms with van der Waals surface area (Å²) in [4.78, 5) is 37.7. The Morgan fingerprint density at radius 1 is 1.32 bits per heavy atom. The van der Waals surface area contributed by atoms with E-state index in [1.54, 1.807) is 32.0 Å². The zero-order valence-corrected chi connectivity index (χ0v) is 21.1. The topological polar surface area (TPSA) is 158 Å². The Hall–Kier alpha value is -3.27. The molecule has 0 bridgehead atoms. The van der Waals surface area contributed by atoms with Gasteiger partial charge in [-0.3, -0.25) is 23.7 Å². The number of nitrogens with zero attached hydrogens (tertiary/aromatic N) is 1. The van der Waals surface area contributed by atoms with E-state index >= 15 is 4.39 Å². The number of H-pyrrole nitrogens is 1. The SMILES string of the molecule is C#C[C@]1(COP(=O)(N[C@@H](C)C(=O)OC(C)C)Oc2ccccc2)O[C@@H](n2ccc(=O)[nH]c2=O)[C@H](F)[C@@H]1O. The van der Waals surface area contributed by atoms with Crippen LogP contribution in [0.5, 0.6) is 5.75 Å². The fourth-order valence-corrected chi connectivity index (χ4v) is 4.92. The lowest BCUT2D eigenvalue weighted by Crippen LogP contribution is -2.45. The summed E-state index contributed by atoms with van der Waals surface area (Å²) in [6.45, 7) is 3.76. The van der Waals surface area contributed by atoms with Crippen molar-refractivity contribution in [3.63, 3.8) is 0 Å². The lowest BCUT2D eigenvalue weighted by Gasteiger charge is -2.29. The molecule has 2 heterocycles. The third-order valence-electron chi connectivity index (χ3n) is 5.23. The number of carbonyl (C=O) groups excluding carboxylic acids is 1. The fourth-order valence-electron chi connectivity index (χ4n) is 3.40. The predicted octanol–water partition coefficient (Wildman–Crippen LogP) is 1.27. The maximum atomic E-state index is 15.1. The molecule has 0 spiro atoms. The lowest BCUT2D eigenvalue weighted by atomic mass is 9.98. The average Bonchev–Trinajstić information content (AvgIpc) is 3.08. The quantitative estimate of drug-likeness (QED) is 0.228. The van der Waals surface area contributed by atoms with Crippen LogP contribution in [-0.4, -0.2) is 57.3 Å². The van der Waals surface area contributed by atoms with E-state index < -0.39 is 67.8 Å². The van der Waals surface area contributed by atoms with Crippen molar-refractivity contribution in [1.29, 1.82) is 0 Å². The molecular weight excluding hydrogens is 512 g/mol. The number of terminal acetylenes is 1. The summed E-state index contributed by atoms with van der Waals surface area (Å²) in [5, 5.41) is 13.0. The molecule has 37 heavy (non-hydrogen) atoms. The molecule has 3 rings (SSSR count). The minimum atomic E-state index is -4.43. The normalized spacial score (nSPS) is 25.7. The number of carbonyl (C=O) groups is 1. The summed E-state index contributed by atoms with van der Waals surface area (Å²) >= 11 is 0. The van der Waals surface area contributed by atoms with Crippen LogP contribution in [-0.2, 0) is 23.4 Å². The molecule has 14 heteroatoms. The molecule has 1 saturated heterocycles. The van der Waals surface area contributed by atoms with Crippen LogP contribution >= 0.6 is 7.75 Å². The number of aromatic nitrogens is 2. The minimum Gasteiger partial charge on any atom is -0.462 e. The van der Waals surface area contributed by atoms with Gasteiger partial charge in [0, 0.05) is 12.3 Å². The highest BCUT2D eigenvalue weighted by Gasteiger charge is 2.57. The Kier molecular flexibility index (Phi) is 8.73. The second kappa shape index (κ2) is 11.4. The van der Waals surface area contributed by atoms with Crippen molar-refractivity contribution in [1.82, 2.24) is 14.6 Å². The summed E-state index contributed by atoms with van der Waals surface area (Å²) in [5.74, 6) is 1.46. The number of nitrogens with one attached hydrogen (secondary N) is 2. The van der Waals surface area contributed by atoms with Gasteiger partial charge >= 0.3 is 19.4 Å². The number of benzene rings is 1. The van der Waals surface area contributed by atoms with Crippen molar-refractivity contribution in [3.05, 3.63) is 63.4 Å². The molecule has 0 radical (unpaired) electrons. The Balaban J connectivity index is 1.87. The van der Waals surface area contributed by atoms with Gasteiger partial charge in [0.2, 0.25) is 0 Å². The van der Waals surface area contributed by atoms with Gasteiger partial charge in [0.15, 0.2) is 18.0 Å². The Morgan fingerprint density at radius 2 is 2.00 bits per heavy atom. The maximum Gasteiger partial charge on any atom is 0.459 e. The molecule has 3 N–H and O–H groups in total. The van der Waals surface area contributed by atoms with Gasteiger partial charge in [-0.05, 0) is 32.9 Å². The number of aliphatic hydroxyl groups excluding tert-OH is 1. The number of ether oxygens (including phenoxy) is 2. The van der Waals surface area contributed by atoms with Gasteiger partial charge in [0.25, 0.3) is 5.56 Å². The van der Waals surface area contributed by atoms with Crippen LogP contribution < -0.4 is 20.9 Å². The van der Waals surface area contributed by atoms with Gasteiger partial charge in [-0.1, -0.05) is 24.1 Å². The highest BCUT2D eigenvalue weighted by molar-refractivity contribution is 7.52. The standard InChI is InChI=1S/C23H27FN3O9P/c1-5-23(19(29)18(24)20(35-23)27-12-11-17(28)25-22(27)31)13-33-37(32,36-16-9-7-6-8-10-16)26-15(4)21(30)34-14(2)3/h1,6-12,14-15,18-20,29H,13H2,2-4H3,(H,26,32)(H,25,28,31)/t15-,18+,19-,20+,23+,37?/m0/s1. The van der Waals surface area contributed by atoms with Crippen LogP contribution in [0.3, 0.4) is 0 Å². The first kappa shape index (κ1) is 28.3. The molecular formula is C23H27FN3O9P. The highest BCUT2D eigenvalue weighted by atomic mass is 31.2. The number of aromatic amines is 1. The Bertz CT molecular complexity index is 1310. The van der Waals surface area contributed by atoms with E-state index in [2.05, 4.69) is 11.0 Å². The summed E-state index contributed by atoms with van der Waals surface area (Å²) in [7, 11) is -4.43. The molecule has 2 aromatic rings. The number of hydrogen-bond acceptors (Lipinski definition) is 9. The smallest absolute Gasteiger partial charge is 0.459 e.